The average molecular weight is 371 g/mol. The van der Waals surface area contributed by atoms with Gasteiger partial charge in [-0.1, -0.05) is 12.1 Å². The third-order valence-corrected chi connectivity index (χ3v) is 6.60. The predicted molar refractivity (Wildman–Crippen MR) is 92.7 cm³/mol. The minimum absolute atomic E-state index is 0.0110. The second-order valence-corrected chi connectivity index (χ2v) is 9.04. The highest BCUT2D eigenvalue weighted by molar-refractivity contribution is 7.98. The Morgan fingerprint density at radius 3 is 2.33 bits per heavy atom. The number of carbonyl (C=O) groups excluding carboxylic acids is 1. The van der Waals surface area contributed by atoms with Crippen LogP contribution in [-0.4, -0.2) is 43.2 Å². The molecule has 0 radical (unpaired) electrons. The van der Waals surface area contributed by atoms with E-state index in [9.17, 15) is 18.0 Å². The number of sulfone groups is 1. The molecule has 0 aliphatic carbocycles. The predicted octanol–water partition coefficient (Wildman–Crippen LogP) is 1.87. The van der Waals surface area contributed by atoms with E-state index in [4.69, 9.17) is 5.11 Å². The fraction of sp³-hybridized carbons (Fsp3) is 0.500. The summed E-state index contributed by atoms with van der Waals surface area (Å²) >= 11 is 1.58. The van der Waals surface area contributed by atoms with Crippen LogP contribution in [0.2, 0.25) is 0 Å². The van der Waals surface area contributed by atoms with Crippen LogP contribution in [0.3, 0.4) is 0 Å². The maximum absolute atomic E-state index is 12.4. The summed E-state index contributed by atoms with van der Waals surface area (Å²) in [6, 6.07) is 6.77. The monoisotopic (exact) mass is 371 g/mol. The summed E-state index contributed by atoms with van der Waals surface area (Å²) in [6.45, 7) is 0. The van der Waals surface area contributed by atoms with Gasteiger partial charge in [-0.2, -0.15) is 0 Å². The summed E-state index contributed by atoms with van der Waals surface area (Å²) in [5.74, 6) is -1.63. The molecule has 1 heterocycles. The van der Waals surface area contributed by atoms with Gasteiger partial charge < -0.3 is 10.4 Å². The van der Waals surface area contributed by atoms with Gasteiger partial charge in [0.05, 0.1) is 24.0 Å². The summed E-state index contributed by atoms with van der Waals surface area (Å²) in [7, 11) is -3.03. The van der Waals surface area contributed by atoms with Gasteiger partial charge in [0.15, 0.2) is 0 Å². The lowest BCUT2D eigenvalue weighted by Crippen LogP contribution is -2.38. The maximum atomic E-state index is 12.4. The van der Waals surface area contributed by atoms with Gasteiger partial charge in [-0.25, -0.2) is 8.42 Å². The number of aliphatic carboxylic acids is 1. The molecule has 0 spiro atoms. The minimum atomic E-state index is -3.03. The van der Waals surface area contributed by atoms with Crippen molar-refractivity contribution in [1.29, 1.82) is 0 Å². The van der Waals surface area contributed by atoms with Crippen molar-refractivity contribution in [1.82, 2.24) is 5.32 Å². The molecule has 1 aliphatic heterocycles. The molecule has 1 fully saturated rings. The molecule has 0 saturated carbocycles. The summed E-state index contributed by atoms with van der Waals surface area (Å²) in [5, 5.41) is 11.9. The molecule has 2 N–H and O–H groups in total. The van der Waals surface area contributed by atoms with E-state index in [1.165, 1.54) is 0 Å². The first-order chi connectivity index (χ1) is 11.3. The van der Waals surface area contributed by atoms with Gasteiger partial charge in [-0.15, -0.1) is 11.8 Å². The number of carbonyl (C=O) groups is 2. The van der Waals surface area contributed by atoms with Crippen LogP contribution in [0, 0.1) is 5.92 Å². The van der Waals surface area contributed by atoms with Crippen molar-refractivity contribution in [3.63, 3.8) is 0 Å². The van der Waals surface area contributed by atoms with Gasteiger partial charge in [0, 0.05) is 10.8 Å². The Morgan fingerprint density at radius 1 is 1.25 bits per heavy atom. The molecular formula is C16H21NO5S2. The number of carboxylic acids is 1. The zero-order valence-corrected chi connectivity index (χ0v) is 15.0. The lowest BCUT2D eigenvalue weighted by Gasteiger charge is -2.24. The number of nitrogens with one attached hydrogen (secondary N) is 1. The van der Waals surface area contributed by atoms with Crippen LogP contribution >= 0.6 is 11.8 Å². The number of rotatable bonds is 6. The van der Waals surface area contributed by atoms with Gasteiger partial charge in [0.1, 0.15) is 9.84 Å². The zero-order chi connectivity index (χ0) is 17.7. The van der Waals surface area contributed by atoms with Gasteiger partial charge in [-0.3, -0.25) is 9.59 Å². The Morgan fingerprint density at radius 2 is 1.83 bits per heavy atom. The van der Waals surface area contributed by atoms with Crippen molar-refractivity contribution in [2.75, 3.05) is 17.8 Å². The molecule has 1 amide bonds. The average Bonchev–Trinajstić information content (AvgIpc) is 2.53. The first-order valence-electron chi connectivity index (χ1n) is 7.67. The van der Waals surface area contributed by atoms with E-state index >= 15 is 0 Å². The summed E-state index contributed by atoms with van der Waals surface area (Å²) in [6.07, 6.45) is 2.32. The van der Waals surface area contributed by atoms with Gasteiger partial charge in [0.25, 0.3) is 0 Å². The second kappa shape index (κ2) is 8.02. The van der Waals surface area contributed by atoms with Crippen LogP contribution in [-0.2, 0) is 19.4 Å². The van der Waals surface area contributed by atoms with Crippen molar-refractivity contribution in [2.45, 2.75) is 30.2 Å². The molecular weight excluding hydrogens is 350 g/mol. The SMILES string of the molecule is CSc1ccc(C(CC(=O)O)NC(=O)C2CCS(=O)(=O)CC2)cc1. The third kappa shape index (κ3) is 5.24. The molecule has 1 atom stereocenters. The fourth-order valence-corrected chi connectivity index (χ4v) is 4.60. The Hall–Kier alpha value is -1.54. The molecule has 1 saturated heterocycles. The van der Waals surface area contributed by atoms with E-state index in [-0.39, 0.29) is 29.8 Å². The standard InChI is InChI=1S/C16H21NO5S2/c1-23-13-4-2-11(3-5-13)14(10-15(18)19)17-16(20)12-6-8-24(21,22)9-7-12/h2-5,12,14H,6-10H2,1H3,(H,17,20)(H,18,19). The Bertz CT molecular complexity index is 686. The lowest BCUT2D eigenvalue weighted by molar-refractivity contribution is -0.138. The van der Waals surface area contributed by atoms with Crippen molar-refractivity contribution >= 4 is 33.5 Å². The zero-order valence-electron chi connectivity index (χ0n) is 13.4. The van der Waals surface area contributed by atoms with Gasteiger partial charge in [-0.05, 0) is 36.8 Å². The van der Waals surface area contributed by atoms with E-state index in [1.807, 2.05) is 30.5 Å². The number of benzene rings is 1. The van der Waals surface area contributed by atoms with Gasteiger partial charge in [0.2, 0.25) is 5.91 Å². The van der Waals surface area contributed by atoms with Crippen molar-refractivity contribution in [2.24, 2.45) is 5.92 Å². The number of amides is 1. The molecule has 132 valence electrons. The van der Waals surface area contributed by atoms with Crippen molar-refractivity contribution < 1.29 is 23.1 Å². The molecule has 1 aromatic carbocycles. The molecule has 0 aromatic heterocycles. The largest absolute Gasteiger partial charge is 0.481 e. The Labute approximate surface area is 145 Å². The molecule has 0 bridgehead atoms. The fourth-order valence-electron chi connectivity index (χ4n) is 2.70. The van der Waals surface area contributed by atoms with Crippen LogP contribution < -0.4 is 5.32 Å². The third-order valence-electron chi connectivity index (χ3n) is 4.14. The molecule has 1 aliphatic rings. The number of carboxylic acid groups (broad SMARTS) is 1. The molecule has 8 heteroatoms. The highest BCUT2D eigenvalue weighted by Gasteiger charge is 2.30. The van der Waals surface area contributed by atoms with Crippen LogP contribution in [0.25, 0.3) is 0 Å². The normalized spacial score (nSPS) is 18.7. The first kappa shape index (κ1) is 18.8. The number of hydrogen-bond donors (Lipinski definition) is 2. The van der Waals surface area contributed by atoms with Crippen molar-refractivity contribution in [3.8, 4) is 0 Å². The second-order valence-electron chi connectivity index (χ2n) is 5.86. The molecule has 1 aromatic rings. The van der Waals surface area contributed by atoms with Crippen LogP contribution in [0.1, 0.15) is 30.9 Å². The van der Waals surface area contributed by atoms with Gasteiger partial charge >= 0.3 is 5.97 Å². The molecule has 6 nitrogen and oxygen atoms in total. The van der Waals surface area contributed by atoms with E-state index in [2.05, 4.69) is 5.32 Å². The molecule has 24 heavy (non-hydrogen) atoms. The highest BCUT2D eigenvalue weighted by atomic mass is 32.2. The minimum Gasteiger partial charge on any atom is -0.481 e. The number of hydrogen-bond acceptors (Lipinski definition) is 5. The van der Waals surface area contributed by atoms with E-state index in [1.54, 1.807) is 11.8 Å². The van der Waals surface area contributed by atoms with Crippen molar-refractivity contribution in [3.05, 3.63) is 29.8 Å². The topological polar surface area (TPSA) is 101 Å². The van der Waals surface area contributed by atoms with Crippen LogP contribution in [0.5, 0.6) is 0 Å². The van der Waals surface area contributed by atoms with E-state index < -0.39 is 21.8 Å². The quantitative estimate of drug-likeness (QED) is 0.741. The molecule has 1 unspecified atom stereocenters. The van der Waals surface area contributed by atoms with Crippen LogP contribution in [0.4, 0.5) is 0 Å². The first-order valence-corrected chi connectivity index (χ1v) is 10.7. The lowest BCUT2D eigenvalue weighted by atomic mass is 9.99. The Balaban J connectivity index is 2.07. The number of thioether (sulfide) groups is 1. The maximum Gasteiger partial charge on any atom is 0.305 e. The Kier molecular flexibility index (Phi) is 6.28. The highest BCUT2D eigenvalue weighted by Crippen LogP contribution is 2.24. The van der Waals surface area contributed by atoms with E-state index in [0.29, 0.717) is 12.8 Å². The summed E-state index contributed by atoms with van der Waals surface area (Å²) in [5.41, 5.74) is 0.729. The van der Waals surface area contributed by atoms with Crippen LogP contribution in [0.15, 0.2) is 29.2 Å². The molecule has 2 rings (SSSR count). The van der Waals surface area contributed by atoms with E-state index in [0.717, 1.165) is 10.5 Å². The summed E-state index contributed by atoms with van der Waals surface area (Å²) in [4.78, 5) is 24.6. The summed E-state index contributed by atoms with van der Waals surface area (Å²) < 4.78 is 22.9. The smallest absolute Gasteiger partial charge is 0.305 e.